The lowest BCUT2D eigenvalue weighted by Gasteiger charge is -2.30. The predicted octanol–water partition coefficient (Wildman–Crippen LogP) is 1.83. The third-order valence-corrected chi connectivity index (χ3v) is 2.63. The van der Waals surface area contributed by atoms with Crippen molar-refractivity contribution >= 4 is 18.3 Å². The van der Waals surface area contributed by atoms with Crippen molar-refractivity contribution in [3.05, 3.63) is 12.7 Å². The summed E-state index contributed by atoms with van der Waals surface area (Å²) in [4.78, 5) is 13.7. The Morgan fingerprint density at radius 1 is 1.56 bits per heavy atom. The molecule has 18 heavy (non-hydrogen) atoms. The largest absolute Gasteiger partial charge is 0.368 e. The molecule has 108 valence electrons. The molecule has 0 bridgehead atoms. The Kier molecular flexibility index (Phi) is 10.3. The summed E-state index contributed by atoms with van der Waals surface area (Å²) in [6, 6.07) is 0. The molecule has 0 saturated heterocycles. The van der Waals surface area contributed by atoms with Crippen LogP contribution in [0.3, 0.4) is 0 Å². The van der Waals surface area contributed by atoms with Crippen molar-refractivity contribution in [1.82, 2.24) is 4.90 Å². The Morgan fingerprint density at radius 2 is 2.11 bits per heavy atom. The monoisotopic (exact) mass is 278 g/mol. The highest BCUT2D eigenvalue weighted by Gasteiger charge is 2.24. The Morgan fingerprint density at radius 3 is 2.56 bits per heavy atom. The van der Waals surface area contributed by atoms with Crippen molar-refractivity contribution in [3.63, 3.8) is 0 Å². The van der Waals surface area contributed by atoms with Crippen LogP contribution < -0.4 is 5.73 Å². The molecule has 0 aliphatic heterocycles. The van der Waals surface area contributed by atoms with Crippen LogP contribution in [0.4, 0.5) is 0 Å². The molecule has 0 aromatic carbocycles. The summed E-state index contributed by atoms with van der Waals surface area (Å²) in [7, 11) is 1.78. The van der Waals surface area contributed by atoms with E-state index in [-0.39, 0.29) is 23.7 Å². The lowest BCUT2D eigenvalue weighted by atomic mass is 9.93. The van der Waals surface area contributed by atoms with Crippen LogP contribution in [-0.4, -0.2) is 43.7 Å². The zero-order valence-electron chi connectivity index (χ0n) is 11.9. The number of hydrogen-bond donors (Lipinski definition) is 1. The number of halogens is 1. The highest BCUT2D eigenvalue weighted by Crippen LogP contribution is 2.14. The topological polar surface area (TPSA) is 55.6 Å². The van der Waals surface area contributed by atoms with Gasteiger partial charge in [0.2, 0.25) is 0 Å². The first-order valence-electron chi connectivity index (χ1n) is 6.01. The third-order valence-electron chi connectivity index (χ3n) is 2.63. The first-order valence-corrected chi connectivity index (χ1v) is 6.01. The van der Waals surface area contributed by atoms with Gasteiger partial charge < -0.3 is 15.4 Å². The van der Waals surface area contributed by atoms with Crippen LogP contribution in [-0.2, 0) is 9.53 Å². The minimum atomic E-state index is -0.409. The molecule has 0 aromatic heterocycles. The molecule has 0 heterocycles. The molecular weight excluding hydrogens is 252 g/mol. The molecule has 0 rings (SSSR count). The third kappa shape index (κ3) is 7.69. The highest BCUT2D eigenvalue weighted by molar-refractivity contribution is 5.85. The van der Waals surface area contributed by atoms with E-state index in [0.717, 1.165) is 6.42 Å². The summed E-state index contributed by atoms with van der Waals surface area (Å²) in [5.41, 5.74) is 5.58. The van der Waals surface area contributed by atoms with Gasteiger partial charge in [0.15, 0.2) is 0 Å². The second-order valence-electron chi connectivity index (χ2n) is 5.15. The van der Waals surface area contributed by atoms with Crippen molar-refractivity contribution in [2.45, 2.75) is 33.3 Å². The van der Waals surface area contributed by atoms with Crippen molar-refractivity contribution in [1.29, 1.82) is 0 Å². The molecule has 0 spiro atoms. The van der Waals surface area contributed by atoms with Crippen LogP contribution in [0.2, 0.25) is 0 Å². The van der Waals surface area contributed by atoms with Gasteiger partial charge in [0.05, 0.1) is 6.61 Å². The first-order chi connectivity index (χ1) is 7.84. The number of ether oxygens (including phenoxy) is 1. The number of amides is 1. The maximum absolute atomic E-state index is 12.0. The second-order valence-corrected chi connectivity index (χ2v) is 5.15. The van der Waals surface area contributed by atoms with Gasteiger partial charge in [-0.2, -0.15) is 0 Å². The molecule has 0 aromatic rings. The van der Waals surface area contributed by atoms with Gasteiger partial charge in [0.25, 0.3) is 5.91 Å². The minimum absolute atomic E-state index is 0. The fourth-order valence-corrected chi connectivity index (χ4v) is 1.49. The minimum Gasteiger partial charge on any atom is -0.368 e. The van der Waals surface area contributed by atoms with Crippen LogP contribution >= 0.6 is 12.4 Å². The van der Waals surface area contributed by atoms with E-state index < -0.39 is 6.10 Å². The maximum Gasteiger partial charge on any atom is 0.251 e. The van der Waals surface area contributed by atoms with E-state index in [1.807, 2.05) is 13.8 Å². The Hall–Kier alpha value is -0.580. The molecule has 0 aliphatic carbocycles. The molecule has 1 atom stereocenters. The Balaban J connectivity index is 0. The van der Waals surface area contributed by atoms with E-state index in [9.17, 15) is 4.79 Å². The van der Waals surface area contributed by atoms with Crippen LogP contribution in [0, 0.1) is 5.41 Å². The lowest BCUT2D eigenvalue weighted by Crippen LogP contribution is -2.43. The smallest absolute Gasteiger partial charge is 0.251 e. The van der Waals surface area contributed by atoms with Gasteiger partial charge in [-0.15, -0.1) is 19.0 Å². The molecular formula is C13H27ClN2O2. The van der Waals surface area contributed by atoms with Gasteiger partial charge in [-0.1, -0.05) is 19.9 Å². The fraction of sp³-hybridized carbons (Fsp3) is 0.769. The standard InChI is InChI=1S/C13H26N2O2.ClH/c1-6-7-8-17-11(2)12(16)15(5)10-13(3,4)9-14;/h6,11H,1,7-10,14H2,2-5H3;1H. The molecule has 0 saturated carbocycles. The first kappa shape index (κ1) is 19.8. The number of nitrogens with zero attached hydrogens (tertiary/aromatic N) is 1. The van der Waals surface area contributed by atoms with Crippen LogP contribution in [0.1, 0.15) is 27.2 Å². The fourth-order valence-electron chi connectivity index (χ4n) is 1.49. The average molecular weight is 279 g/mol. The van der Waals surface area contributed by atoms with Gasteiger partial charge in [0.1, 0.15) is 6.10 Å². The second kappa shape index (κ2) is 9.36. The average Bonchev–Trinajstić information content (AvgIpc) is 2.27. The summed E-state index contributed by atoms with van der Waals surface area (Å²) in [5.74, 6) is -0.00409. The van der Waals surface area contributed by atoms with Crippen molar-refractivity contribution < 1.29 is 9.53 Å². The highest BCUT2D eigenvalue weighted by atomic mass is 35.5. The maximum atomic E-state index is 12.0. The van der Waals surface area contributed by atoms with E-state index in [4.69, 9.17) is 10.5 Å². The quantitative estimate of drug-likeness (QED) is 0.544. The van der Waals surface area contributed by atoms with E-state index >= 15 is 0 Å². The van der Waals surface area contributed by atoms with E-state index in [1.165, 1.54) is 0 Å². The van der Waals surface area contributed by atoms with Crippen molar-refractivity contribution in [2.75, 3.05) is 26.7 Å². The predicted molar refractivity (Wildman–Crippen MR) is 77.9 cm³/mol. The molecule has 4 nitrogen and oxygen atoms in total. The van der Waals surface area contributed by atoms with Gasteiger partial charge >= 0.3 is 0 Å². The van der Waals surface area contributed by atoms with Gasteiger partial charge in [0, 0.05) is 13.6 Å². The number of hydrogen-bond acceptors (Lipinski definition) is 3. The van der Waals surface area contributed by atoms with Gasteiger partial charge in [-0.05, 0) is 25.3 Å². The van der Waals surface area contributed by atoms with Gasteiger partial charge in [-0.25, -0.2) is 0 Å². The van der Waals surface area contributed by atoms with Crippen LogP contribution in [0.5, 0.6) is 0 Å². The number of likely N-dealkylation sites (N-methyl/N-ethyl adjacent to an activating group) is 1. The Bertz CT molecular complexity index is 257. The normalized spacial score (nSPS) is 12.5. The number of rotatable bonds is 8. The Labute approximate surface area is 117 Å². The van der Waals surface area contributed by atoms with Crippen LogP contribution in [0.15, 0.2) is 12.7 Å². The summed E-state index contributed by atoms with van der Waals surface area (Å²) in [5, 5.41) is 0. The molecule has 0 radical (unpaired) electrons. The lowest BCUT2D eigenvalue weighted by molar-refractivity contribution is -0.142. The van der Waals surface area contributed by atoms with E-state index in [0.29, 0.717) is 19.7 Å². The van der Waals surface area contributed by atoms with E-state index in [2.05, 4.69) is 6.58 Å². The summed E-state index contributed by atoms with van der Waals surface area (Å²) in [6.07, 6.45) is 2.13. The van der Waals surface area contributed by atoms with Crippen molar-refractivity contribution in [3.8, 4) is 0 Å². The number of nitrogens with two attached hydrogens (primary N) is 1. The molecule has 0 fully saturated rings. The summed E-state index contributed by atoms with van der Waals surface area (Å²) < 4.78 is 5.42. The van der Waals surface area contributed by atoms with Gasteiger partial charge in [-0.3, -0.25) is 4.79 Å². The SMILES string of the molecule is C=CCCOC(C)C(=O)N(C)CC(C)(C)CN.Cl. The number of carbonyl (C=O) groups excluding carboxylic acids is 1. The summed E-state index contributed by atoms with van der Waals surface area (Å²) in [6.45, 7) is 11.2. The molecule has 0 aliphatic rings. The summed E-state index contributed by atoms with van der Waals surface area (Å²) >= 11 is 0. The van der Waals surface area contributed by atoms with Crippen molar-refractivity contribution in [2.24, 2.45) is 11.1 Å². The molecule has 1 amide bonds. The molecule has 2 N–H and O–H groups in total. The number of carbonyl (C=O) groups is 1. The molecule has 1 unspecified atom stereocenters. The zero-order chi connectivity index (χ0) is 13.5. The van der Waals surface area contributed by atoms with Crippen LogP contribution in [0.25, 0.3) is 0 Å². The van der Waals surface area contributed by atoms with E-state index in [1.54, 1.807) is 24.9 Å². The zero-order valence-corrected chi connectivity index (χ0v) is 12.8. The molecule has 5 heteroatoms.